The molecule has 1 aromatic carbocycles. The number of thiophene rings is 1. The van der Waals surface area contributed by atoms with Crippen molar-refractivity contribution in [2.75, 3.05) is 4.90 Å². The number of aryl methyl sites for hydroxylation is 3. The summed E-state index contributed by atoms with van der Waals surface area (Å²) in [4.78, 5) is 31.1. The lowest BCUT2D eigenvalue weighted by Gasteiger charge is -2.33. The maximum absolute atomic E-state index is 13.9. The summed E-state index contributed by atoms with van der Waals surface area (Å²) in [5, 5.41) is 17.4. The Bertz CT molecular complexity index is 1370. The maximum Gasteiger partial charge on any atom is 0.251 e. The van der Waals surface area contributed by atoms with E-state index in [0.717, 1.165) is 21.8 Å². The van der Waals surface area contributed by atoms with Gasteiger partial charge in [0.25, 0.3) is 5.91 Å². The van der Waals surface area contributed by atoms with Gasteiger partial charge in [0.05, 0.1) is 0 Å². The van der Waals surface area contributed by atoms with Crippen LogP contribution in [0.1, 0.15) is 48.6 Å². The van der Waals surface area contributed by atoms with E-state index in [2.05, 4.69) is 20.7 Å². The van der Waals surface area contributed by atoms with E-state index in [-0.39, 0.29) is 24.2 Å². The molecule has 4 aromatic rings. The molecule has 2 amide bonds. The summed E-state index contributed by atoms with van der Waals surface area (Å²) in [5.74, 6) is 0.871. The molecule has 4 rings (SSSR count). The van der Waals surface area contributed by atoms with Crippen LogP contribution in [0.4, 0.5) is 5.69 Å². The minimum atomic E-state index is -0.867. The number of anilines is 1. The molecule has 0 aliphatic carbocycles. The minimum Gasteiger partial charge on any atom is -0.458 e. The molecule has 36 heavy (non-hydrogen) atoms. The Morgan fingerprint density at radius 1 is 1.14 bits per heavy atom. The van der Waals surface area contributed by atoms with Gasteiger partial charge in [-0.1, -0.05) is 23.8 Å². The SMILES string of the molecule is Cc1ccc(N(C(=O)Cn2nnc(-c3ccc(C)o3)n2)[C@H](C(=O)NC(C)(C)C)c2cccs2)c(C)c1. The third-order valence-electron chi connectivity index (χ3n) is 5.39. The van der Waals surface area contributed by atoms with Crippen LogP contribution in [0.25, 0.3) is 11.6 Å². The van der Waals surface area contributed by atoms with Gasteiger partial charge in [-0.15, -0.1) is 21.5 Å². The number of aromatic nitrogens is 4. The molecule has 10 heteroatoms. The van der Waals surface area contributed by atoms with Crippen molar-refractivity contribution in [3.8, 4) is 11.6 Å². The summed E-state index contributed by atoms with van der Waals surface area (Å²) >= 11 is 1.43. The van der Waals surface area contributed by atoms with Gasteiger partial charge < -0.3 is 9.73 Å². The number of hydrogen-bond acceptors (Lipinski definition) is 7. The number of amides is 2. The van der Waals surface area contributed by atoms with Gasteiger partial charge >= 0.3 is 0 Å². The second-order valence-corrected chi connectivity index (χ2v) is 10.7. The molecule has 0 fully saturated rings. The Kier molecular flexibility index (Phi) is 7.07. The Morgan fingerprint density at radius 3 is 2.53 bits per heavy atom. The highest BCUT2D eigenvalue weighted by Crippen LogP contribution is 2.34. The van der Waals surface area contributed by atoms with E-state index in [1.54, 1.807) is 11.0 Å². The zero-order chi connectivity index (χ0) is 26.0. The van der Waals surface area contributed by atoms with Gasteiger partial charge in [-0.2, -0.15) is 4.80 Å². The summed E-state index contributed by atoms with van der Waals surface area (Å²) in [6, 6.07) is 12.2. The Morgan fingerprint density at radius 2 is 1.92 bits per heavy atom. The van der Waals surface area contributed by atoms with E-state index in [1.807, 2.05) is 83.3 Å². The Labute approximate surface area is 214 Å². The molecule has 0 spiro atoms. The fourth-order valence-corrected chi connectivity index (χ4v) is 4.73. The zero-order valence-corrected chi connectivity index (χ0v) is 22.1. The summed E-state index contributed by atoms with van der Waals surface area (Å²) in [6.45, 7) is 11.3. The normalized spacial score (nSPS) is 12.4. The molecule has 0 bridgehead atoms. The summed E-state index contributed by atoms with van der Waals surface area (Å²) in [5.41, 5.74) is 2.11. The van der Waals surface area contributed by atoms with Crippen LogP contribution in [0.3, 0.4) is 0 Å². The van der Waals surface area contributed by atoms with E-state index < -0.39 is 11.6 Å². The molecular weight excluding hydrogens is 476 g/mol. The molecule has 0 saturated carbocycles. The predicted molar refractivity (Wildman–Crippen MR) is 139 cm³/mol. The van der Waals surface area contributed by atoms with Crippen LogP contribution in [-0.4, -0.2) is 37.6 Å². The van der Waals surface area contributed by atoms with Gasteiger partial charge in [-0.05, 0) is 82.0 Å². The van der Waals surface area contributed by atoms with Crippen molar-refractivity contribution in [2.45, 2.75) is 59.7 Å². The molecule has 0 radical (unpaired) electrons. The average molecular weight is 507 g/mol. The lowest BCUT2D eigenvalue weighted by atomic mass is 10.0. The number of carbonyl (C=O) groups is 2. The third-order valence-corrected chi connectivity index (χ3v) is 6.31. The van der Waals surface area contributed by atoms with Gasteiger partial charge in [0.2, 0.25) is 11.7 Å². The second kappa shape index (κ2) is 10.1. The van der Waals surface area contributed by atoms with E-state index in [1.165, 1.54) is 16.1 Å². The number of furan rings is 1. The monoisotopic (exact) mass is 506 g/mol. The van der Waals surface area contributed by atoms with Crippen molar-refractivity contribution in [3.63, 3.8) is 0 Å². The number of benzene rings is 1. The first-order valence-electron chi connectivity index (χ1n) is 11.6. The van der Waals surface area contributed by atoms with Crippen molar-refractivity contribution in [1.29, 1.82) is 0 Å². The Balaban J connectivity index is 1.74. The van der Waals surface area contributed by atoms with Gasteiger partial charge in [-0.25, -0.2) is 0 Å². The summed E-state index contributed by atoms with van der Waals surface area (Å²) in [7, 11) is 0. The molecule has 9 nitrogen and oxygen atoms in total. The van der Waals surface area contributed by atoms with Gasteiger partial charge in [0.15, 0.2) is 5.76 Å². The van der Waals surface area contributed by atoms with E-state index in [9.17, 15) is 9.59 Å². The van der Waals surface area contributed by atoms with Crippen molar-refractivity contribution >= 4 is 28.8 Å². The number of hydrogen-bond donors (Lipinski definition) is 1. The van der Waals surface area contributed by atoms with Crippen molar-refractivity contribution in [1.82, 2.24) is 25.5 Å². The zero-order valence-electron chi connectivity index (χ0n) is 21.3. The molecule has 0 aliphatic rings. The van der Waals surface area contributed by atoms with E-state index in [4.69, 9.17) is 4.42 Å². The number of carbonyl (C=O) groups excluding carboxylic acids is 2. The van der Waals surface area contributed by atoms with Crippen LogP contribution in [0.5, 0.6) is 0 Å². The first kappa shape index (κ1) is 25.3. The summed E-state index contributed by atoms with van der Waals surface area (Å²) < 4.78 is 5.57. The number of nitrogens with one attached hydrogen (secondary N) is 1. The third kappa shape index (κ3) is 5.71. The summed E-state index contributed by atoms with van der Waals surface area (Å²) in [6.07, 6.45) is 0. The molecule has 0 unspecified atom stereocenters. The highest BCUT2D eigenvalue weighted by molar-refractivity contribution is 7.10. The molecule has 3 aromatic heterocycles. The number of nitrogens with zero attached hydrogens (tertiary/aromatic N) is 5. The molecule has 1 atom stereocenters. The van der Waals surface area contributed by atoms with Gasteiger partial charge in [-0.3, -0.25) is 14.5 Å². The molecule has 3 heterocycles. The van der Waals surface area contributed by atoms with Crippen LogP contribution in [-0.2, 0) is 16.1 Å². The first-order valence-corrected chi connectivity index (χ1v) is 12.5. The van der Waals surface area contributed by atoms with E-state index >= 15 is 0 Å². The van der Waals surface area contributed by atoms with Crippen molar-refractivity contribution < 1.29 is 14.0 Å². The molecular formula is C26H30N6O3S. The fourth-order valence-electron chi connectivity index (χ4n) is 3.91. The van der Waals surface area contributed by atoms with Crippen LogP contribution in [0.2, 0.25) is 0 Å². The topological polar surface area (TPSA) is 106 Å². The van der Waals surface area contributed by atoms with Crippen LogP contribution < -0.4 is 10.2 Å². The highest BCUT2D eigenvalue weighted by Gasteiger charge is 2.36. The number of rotatable bonds is 7. The predicted octanol–water partition coefficient (Wildman–Crippen LogP) is 4.61. The average Bonchev–Trinajstić information content (AvgIpc) is 3.53. The van der Waals surface area contributed by atoms with Gasteiger partial charge in [0, 0.05) is 16.1 Å². The Hall–Kier alpha value is -3.79. The second-order valence-electron chi connectivity index (χ2n) is 9.76. The highest BCUT2D eigenvalue weighted by atomic mass is 32.1. The molecule has 0 saturated heterocycles. The van der Waals surface area contributed by atoms with Crippen LogP contribution in [0, 0.1) is 20.8 Å². The largest absolute Gasteiger partial charge is 0.458 e. The first-order chi connectivity index (χ1) is 17.0. The van der Waals surface area contributed by atoms with Crippen molar-refractivity contribution in [3.05, 3.63) is 69.6 Å². The number of tetrazole rings is 1. The van der Waals surface area contributed by atoms with Crippen molar-refractivity contribution in [2.24, 2.45) is 0 Å². The molecule has 1 N–H and O–H groups in total. The standard InChI is InChI=1S/C26H30N6O3S/c1-16-9-11-19(17(2)14-16)32(23(21-8-7-13-36-21)25(34)27-26(4,5)6)22(33)15-31-29-24(28-30-31)20-12-10-18(3)35-20/h7-14,23H,15H2,1-6H3,(H,27,34)/t23-/m0/s1. The quantitative estimate of drug-likeness (QED) is 0.392. The molecule has 188 valence electrons. The molecule has 0 aliphatic heterocycles. The lowest BCUT2D eigenvalue weighted by Crippen LogP contribution is -2.50. The van der Waals surface area contributed by atoms with E-state index in [0.29, 0.717) is 11.4 Å². The van der Waals surface area contributed by atoms with Crippen LogP contribution in [0.15, 0.2) is 52.3 Å². The van der Waals surface area contributed by atoms with Gasteiger partial charge in [0.1, 0.15) is 18.3 Å². The maximum atomic E-state index is 13.9. The fraction of sp³-hybridized carbons (Fsp3) is 0.346. The lowest BCUT2D eigenvalue weighted by molar-refractivity contribution is -0.128. The van der Waals surface area contributed by atoms with Crippen LogP contribution >= 0.6 is 11.3 Å². The smallest absolute Gasteiger partial charge is 0.251 e. The minimum absolute atomic E-state index is 0.204.